The Morgan fingerprint density at radius 2 is 1.02 bits per heavy atom. The first-order valence-electron chi connectivity index (χ1n) is 18.7. The van der Waals surface area contributed by atoms with E-state index in [0.29, 0.717) is 0 Å². The van der Waals surface area contributed by atoms with Crippen molar-refractivity contribution in [3.63, 3.8) is 0 Å². The predicted octanol–water partition coefficient (Wildman–Crippen LogP) is 15.6. The summed E-state index contributed by atoms with van der Waals surface area (Å²) in [4.78, 5) is 2.50. The molecule has 2 heterocycles. The number of hydrogen-bond acceptors (Lipinski definition) is 3. The first kappa shape index (κ1) is 31.6. The highest BCUT2D eigenvalue weighted by molar-refractivity contribution is 7.26. The molecule has 0 fully saturated rings. The number of benzene rings is 9. The van der Waals surface area contributed by atoms with Gasteiger partial charge in [0, 0.05) is 42.9 Å². The predicted molar refractivity (Wildman–Crippen MR) is 235 cm³/mol. The van der Waals surface area contributed by atoms with Gasteiger partial charge in [0.2, 0.25) is 0 Å². The van der Waals surface area contributed by atoms with Crippen LogP contribution in [0.3, 0.4) is 0 Å². The molecule has 258 valence electrons. The van der Waals surface area contributed by atoms with Gasteiger partial charge < -0.3 is 9.32 Å². The van der Waals surface area contributed by atoms with Crippen LogP contribution in [0.5, 0.6) is 0 Å². The van der Waals surface area contributed by atoms with Crippen molar-refractivity contribution in [2.24, 2.45) is 0 Å². The van der Waals surface area contributed by atoms with E-state index in [4.69, 9.17) is 4.42 Å². The largest absolute Gasteiger partial charge is 0.455 e. The lowest BCUT2D eigenvalue weighted by atomic mass is 9.94. The van der Waals surface area contributed by atoms with Crippen molar-refractivity contribution in [2.75, 3.05) is 4.90 Å². The first-order chi connectivity index (χ1) is 27.3. The van der Waals surface area contributed by atoms with Crippen molar-refractivity contribution in [2.45, 2.75) is 0 Å². The minimum atomic E-state index is 0.892. The number of rotatable bonds is 6. The van der Waals surface area contributed by atoms with Crippen molar-refractivity contribution >= 4 is 81.3 Å². The number of anilines is 3. The summed E-state index contributed by atoms with van der Waals surface area (Å²) in [6.07, 6.45) is 0. The van der Waals surface area contributed by atoms with Crippen molar-refractivity contribution in [3.05, 3.63) is 200 Å². The molecule has 0 aliphatic rings. The number of furan rings is 1. The smallest absolute Gasteiger partial charge is 0.143 e. The van der Waals surface area contributed by atoms with Crippen molar-refractivity contribution in [1.29, 1.82) is 0 Å². The minimum Gasteiger partial charge on any atom is -0.455 e. The van der Waals surface area contributed by atoms with Gasteiger partial charge in [-0.2, -0.15) is 0 Å². The lowest BCUT2D eigenvalue weighted by molar-refractivity contribution is 0.670. The Hall–Kier alpha value is -6.94. The third-order valence-corrected chi connectivity index (χ3v) is 12.1. The van der Waals surface area contributed by atoms with Crippen LogP contribution in [-0.2, 0) is 0 Å². The Morgan fingerprint density at radius 3 is 1.95 bits per heavy atom. The molecule has 9 aromatic carbocycles. The summed E-state index contributed by atoms with van der Waals surface area (Å²) in [6.45, 7) is 0. The summed E-state index contributed by atoms with van der Waals surface area (Å²) in [5.74, 6) is 0. The molecular formula is C52H33NOS. The van der Waals surface area contributed by atoms with Gasteiger partial charge in [0.15, 0.2) is 0 Å². The Morgan fingerprint density at radius 1 is 0.364 bits per heavy atom. The zero-order chi connectivity index (χ0) is 36.3. The molecule has 0 unspecified atom stereocenters. The third kappa shape index (κ3) is 5.24. The van der Waals surface area contributed by atoms with Crippen LogP contribution in [0.1, 0.15) is 0 Å². The lowest BCUT2D eigenvalue weighted by Crippen LogP contribution is -2.13. The van der Waals surface area contributed by atoms with Gasteiger partial charge in [-0.15, -0.1) is 11.3 Å². The van der Waals surface area contributed by atoms with Crippen molar-refractivity contribution < 1.29 is 4.42 Å². The van der Waals surface area contributed by atoms with Gasteiger partial charge in [0.1, 0.15) is 11.2 Å². The highest BCUT2D eigenvalue weighted by Gasteiger charge is 2.25. The topological polar surface area (TPSA) is 16.4 Å². The summed E-state index contributed by atoms with van der Waals surface area (Å²) < 4.78 is 9.21. The second kappa shape index (κ2) is 12.9. The molecule has 0 aliphatic heterocycles. The summed E-state index contributed by atoms with van der Waals surface area (Å²) in [5.41, 5.74) is 11.9. The zero-order valence-corrected chi connectivity index (χ0v) is 30.6. The summed E-state index contributed by atoms with van der Waals surface area (Å²) in [5, 5.41) is 7.23. The van der Waals surface area contributed by atoms with Gasteiger partial charge in [-0.3, -0.25) is 0 Å². The average molecular weight is 720 g/mol. The van der Waals surface area contributed by atoms with E-state index < -0.39 is 0 Å². The number of hydrogen-bond donors (Lipinski definition) is 0. The van der Waals surface area contributed by atoms with E-state index >= 15 is 0 Å². The molecule has 2 aromatic heterocycles. The van der Waals surface area contributed by atoms with E-state index in [2.05, 4.69) is 199 Å². The van der Waals surface area contributed by atoms with Gasteiger partial charge >= 0.3 is 0 Å². The van der Waals surface area contributed by atoms with Gasteiger partial charge in [-0.05, 0) is 63.9 Å². The fraction of sp³-hybridized carbons (Fsp3) is 0. The molecule has 0 aliphatic carbocycles. The van der Waals surface area contributed by atoms with E-state index in [9.17, 15) is 0 Å². The van der Waals surface area contributed by atoms with Crippen molar-refractivity contribution in [1.82, 2.24) is 0 Å². The first-order valence-corrected chi connectivity index (χ1v) is 19.5. The number of nitrogens with zero attached hydrogens (tertiary/aromatic N) is 1. The van der Waals surface area contributed by atoms with E-state index in [1.165, 1.54) is 36.5 Å². The van der Waals surface area contributed by atoms with Gasteiger partial charge in [0.05, 0.1) is 21.8 Å². The van der Waals surface area contributed by atoms with Crippen LogP contribution in [0.2, 0.25) is 0 Å². The Kier molecular flexibility index (Phi) is 7.39. The highest BCUT2D eigenvalue weighted by atomic mass is 32.1. The molecule has 0 radical (unpaired) electrons. The number of thiophene rings is 1. The van der Waals surface area contributed by atoms with E-state index in [-0.39, 0.29) is 0 Å². The quantitative estimate of drug-likeness (QED) is 0.170. The second-order valence-corrected chi connectivity index (χ2v) is 15.1. The summed E-state index contributed by atoms with van der Waals surface area (Å²) >= 11 is 1.86. The minimum absolute atomic E-state index is 0.892. The van der Waals surface area contributed by atoms with Crippen LogP contribution in [0.4, 0.5) is 17.1 Å². The Labute approximate surface area is 322 Å². The van der Waals surface area contributed by atoms with Gasteiger partial charge in [0.25, 0.3) is 0 Å². The molecule has 11 aromatic rings. The fourth-order valence-corrected chi connectivity index (χ4v) is 9.49. The molecule has 0 saturated heterocycles. The summed E-state index contributed by atoms with van der Waals surface area (Å²) in [7, 11) is 0. The Balaban J connectivity index is 1.24. The standard InChI is InChI=1S/C52H33NOS/c1-2-15-35(16-3-1)39-31-30-38(37-29-28-34-14-4-5-17-36(34)32-37)33-48(39)53(47-25-13-23-45-42-20-8-11-27-50(42)55-52(45)47)46-24-9-6-18-40(46)43-21-12-22-44-41-19-7-10-26-49(41)54-51(43)44/h1-33H. The van der Waals surface area contributed by atoms with E-state index in [0.717, 1.165) is 66.8 Å². The maximum atomic E-state index is 6.68. The Bertz CT molecular complexity index is 3230. The highest BCUT2D eigenvalue weighted by Crippen LogP contribution is 2.51. The molecule has 0 atom stereocenters. The number of fused-ring (bicyclic) bond motifs is 7. The normalized spacial score (nSPS) is 11.6. The van der Waals surface area contributed by atoms with E-state index in [1.807, 2.05) is 17.4 Å². The van der Waals surface area contributed by atoms with Crippen LogP contribution in [-0.4, -0.2) is 0 Å². The van der Waals surface area contributed by atoms with Gasteiger partial charge in [-0.1, -0.05) is 164 Å². The molecule has 55 heavy (non-hydrogen) atoms. The van der Waals surface area contributed by atoms with Crippen LogP contribution >= 0.6 is 11.3 Å². The van der Waals surface area contributed by atoms with Crippen LogP contribution in [0.15, 0.2) is 205 Å². The molecule has 0 saturated carbocycles. The molecule has 3 heteroatoms. The molecule has 11 rings (SSSR count). The molecule has 0 amide bonds. The van der Waals surface area contributed by atoms with Crippen LogP contribution in [0.25, 0.3) is 86.3 Å². The second-order valence-electron chi connectivity index (χ2n) is 14.0. The fourth-order valence-electron chi connectivity index (χ4n) is 8.28. The van der Waals surface area contributed by atoms with Crippen LogP contribution in [0, 0.1) is 0 Å². The zero-order valence-electron chi connectivity index (χ0n) is 29.8. The maximum Gasteiger partial charge on any atom is 0.143 e. The molecule has 0 N–H and O–H groups in total. The van der Waals surface area contributed by atoms with Crippen molar-refractivity contribution in [3.8, 4) is 33.4 Å². The summed E-state index contributed by atoms with van der Waals surface area (Å²) in [6, 6.07) is 72.3. The molecule has 2 nitrogen and oxygen atoms in total. The van der Waals surface area contributed by atoms with E-state index in [1.54, 1.807) is 0 Å². The van der Waals surface area contributed by atoms with Crippen LogP contribution < -0.4 is 4.90 Å². The number of para-hydroxylation sites is 3. The molecule has 0 bridgehead atoms. The van der Waals surface area contributed by atoms with Gasteiger partial charge in [-0.25, -0.2) is 0 Å². The monoisotopic (exact) mass is 719 g/mol. The maximum absolute atomic E-state index is 6.68. The third-order valence-electron chi connectivity index (χ3n) is 10.9. The lowest BCUT2D eigenvalue weighted by Gasteiger charge is -2.31. The molecular weight excluding hydrogens is 687 g/mol. The molecule has 0 spiro atoms. The average Bonchev–Trinajstić information content (AvgIpc) is 3.83. The SMILES string of the molecule is c1ccc(-c2ccc(-c3ccc4ccccc4c3)cc2N(c2ccccc2-c2cccc3c2oc2ccccc23)c2cccc3c2sc2ccccc23)cc1.